The summed E-state index contributed by atoms with van der Waals surface area (Å²) >= 11 is 6.91. The molecule has 13 aromatic rings. The van der Waals surface area contributed by atoms with Gasteiger partial charge in [0, 0.05) is 25.1 Å². The van der Waals surface area contributed by atoms with E-state index in [2.05, 4.69) is 200 Å². The molecule has 1 aromatic heterocycles. The first-order chi connectivity index (χ1) is 31.7. The molecule has 0 saturated carbocycles. The van der Waals surface area contributed by atoms with Gasteiger partial charge in [-0.15, -0.1) is 24.0 Å². The van der Waals surface area contributed by atoms with Crippen LogP contribution in [0.4, 0.5) is 0 Å². The van der Waals surface area contributed by atoms with Crippen LogP contribution >= 0.6 is 24.0 Å². The molecule has 0 fully saturated rings. The van der Waals surface area contributed by atoms with Gasteiger partial charge in [0.15, 0.2) is 0 Å². The molecule has 0 N–H and O–H groups in total. The maximum Gasteiger partial charge on any atom is 0.0361 e. The van der Waals surface area contributed by atoms with Crippen molar-refractivity contribution in [2.24, 2.45) is 0 Å². The summed E-state index contributed by atoms with van der Waals surface area (Å²) in [5.41, 5.74) is 18.0. The van der Waals surface area contributed by atoms with Gasteiger partial charge in [-0.25, -0.2) is 0 Å². The van der Waals surface area contributed by atoms with Gasteiger partial charge in [0.25, 0.3) is 0 Å². The van der Waals surface area contributed by atoms with Gasteiger partial charge in [-0.1, -0.05) is 170 Å². The second-order valence-corrected chi connectivity index (χ2v) is 19.1. The van der Waals surface area contributed by atoms with Crippen LogP contribution in [0.15, 0.2) is 205 Å². The third-order valence-electron chi connectivity index (χ3n) is 14.4. The molecule has 294 valence electrons. The van der Waals surface area contributed by atoms with E-state index in [4.69, 9.17) is 12.6 Å². The SMILES string of the molecule is Sc1ccccc1-c1ccccc1-c1c2c(cc3c1ccc1c4cc5c(c(-c6cccc7sc8ccccc8c67)c4ccc31)-c1cccc3cccc-5c13)-c1cccc3cccc-2c13. The van der Waals surface area contributed by atoms with Crippen molar-refractivity contribution in [3.05, 3.63) is 200 Å². The van der Waals surface area contributed by atoms with Crippen LogP contribution in [-0.2, 0) is 0 Å². The molecule has 2 aliphatic carbocycles. The highest BCUT2D eigenvalue weighted by Gasteiger charge is 2.31. The smallest absolute Gasteiger partial charge is 0.0361 e. The molecule has 0 bridgehead atoms. The van der Waals surface area contributed by atoms with Crippen LogP contribution in [-0.4, -0.2) is 0 Å². The van der Waals surface area contributed by atoms with Crippen LogP contribution in [0.1, 0.15) is 0 Å². The molecule has 0 atom stereocenters. The van der Waals surface area contributed by atoms with Crippen molar-refractivity contribution < 1.29 is 0 Å². The van der Waals surface area contributed by atoms with E-state index in [1.165, 1.54) is 146 Å². The van der Waals surface area contributed by atoms with E-state index in [0.29, 0.717) is 0 Å². The third-order valence-corrected chi connectivity index (χ3v) is 16.0. The van der Waals surface area contributed by atoms with E-state index >= 15 is 0 Å². The minimum absolute atomic E-state index is 0.974. The lowest BCUT2D eigenvalue weighted by atomic mass is 9.82. The lowest BCUT2D eigenvalue weighted by Gasteiger charge is -2.21. The van der Waals surface area contributed by atoms with Crippen LogP contribution in [0.25, 0.3) is 152 Å². The number of hydrogen-bond donors (Lipinski definition) is 1. The van der Waals surface area contributed by atoms with Gasteiger partial charge in [-0.05, 0) is 162 Å². The average molecular weight is 843 g/mol. The topological polar surface area (TPSA) is 0 Å². The van der Waals surface area contributed by atoms with Gasteiger partial charge in [0.2, 0.25) is 0 Å². The molecule has 1 heterocycles. The van der Waals surface area contributed by atoms with Crippen LogP contribution < -0.4 is 0 Å². The fourth-order valence-electron chi connectivity index (χ4n) is 11.9. The zero-order valence-electron chi connectivity index (χ0n) is 34.4. The number of hydrogen-bond acceptors (Lipinski definition) is 2. The van der Waals surface area contributed by atoms with E-state index in [0.717, 1.165) is 10.5 Å². The first kappa shape index (κ1) is 35.0. The molecule has 64 heavy (non-hydrogen) atoms. The van der Waals surface area contributed by atoms with E-state index in [1.54, 1.807) is 0 Å². The molecule has 15 rings (SSSR count). The zero-order valence-corrected chi connectivity index (χ0v) is 36.1. The molecule has 0 saturated heterocycles. The quantitative estimate of drug-likeness (QED) is 0.133. The molecule has 2 heteroatoms. The van der Waals surface area contributed by atoms with Crippen molar-refractivity contribution in [2.45, 2.75) is 4.90 Å². The zero-order chi connectivity index (χ0) is 41.8. The Morgan fingerprint density at radius 3 is 1.30 bits per heavy atom. The Bertz CT molecular complexity index is 4250. The van der Waals surface area contributed by atoms with E-state index in [-0.39, 0.29) is 0 Å². The van der Waals surface area contributed by atoms with Gasteiger partial charge in [0.05, 0.1) is 0 Å². The number of thiophene rings is 1. The Kier molecular flexibility index (Phi) is 7.01. The Morgan fingerprint density at radius 1 is 0.250 bits per heavy atom. The van der Waals surface area contributed by atoms with E-state index < -0.39 is 0 Å². The van der Waals surface area contributed by atoms with Crippen molar-refractivity contribution in [3.63, 3.8) is 0 Å². The van der Waals surface area contributed by atoms with Gasteiger partial charge >= 0.3 is 0 Å². The molecule has 2 aliphatic rings. The minimum atomic E-state index is 0.974. The molecule has 0 unspecified atom stereocenters. The van der Waals surface area contributed by atoms with Gasteiger partial charge in [-0.2, -0.15) is 0 Å². The molecular weight excluding hydrogens is 809 g/mol. The predicted octanol–water partition coefficient (Wildman–Crippen LogP) is 18.4. The summed E-state index contributed by atoms with van der Waals surface area (Å²) in [7, 11) is 0. The Labute approximate surface area is 378 Å². The summed E-state index contributed by atoms with van der Waals surface area (Å²) in [6, 6.07) is 75.4. The Morgan fingerprint density at radius 2 is 0.688 bits per heavy atom. The molecule has 0 aliphatic heterocycles. The van der Waals surface area contributed by atoms with Crippen molar-refractivity contribution in [3.8, 4) is 77.9 Å². The highest BCUT2D eigenvalue weighted by molar-refractivity contribution is 7.80. The number of benzene rings is 12. The second-order valence-electron chi connectivity index (χ2n) is 17.5. The van der Waals surface area contributed by atoms with Crippen molar-refractivity contribution in [1.29, 1.82) is 0 Å². The van der Waals surface area contributed by atoms with Crippen molar-refractivity contribution in [2.75, 3.05) is 0 Å². The van der Waals surface area contributed by atoms with Gasteiger partial charge in [0.1, 0.15) is 0 Å². The lowest BCUT2D eigenvalue weighted by molar-refractivity contribution is 1.46. The molecule has 12 aromatic carbocycles. The summed E-state index contributed by atoms with van der Waals surface area (Å²) < 4.78 is 2.65. The number of thiol groups is 1. The van der Waals surface area contributed by atoms with Crippen LogP contribution in [0.2, 0.25) is 0 Å². The normalized spacial score (nSPS) is 12.5. The maximum atomic E-state index is 5.01. The maximum absolute atomic E-state index is 5.01. The summed E-state index contributed by atoms with van der Waals surface area (Å²) in [5.74, 6) is 0. The summed E-state index contributed by atoms with van der Waals surface area (Å²) in [5, 5.41) is 15.5. The Hall–Kier alpha value is -7.49. The molecule has 0 radical (unpaired) electrons. The highest BCUT2D eigenvalue weighted by atomic mass is 32.1. The van der Waals surface area contributed by atoms with Crippen molar-refractivity contribution >= 4 is 98.0 Å². The second kappa shape index (κ2) is 12.8. The Balaban J connectivity index is 1.10. The fraction of sp³-hybridized carbons (Fsp3) is 0. The highest BCUT2D eigenvalue weighted by Crippen LogP contribution is 2.58. The molecular formula is C62H34S2. The summed E-state index contributed by atoms with van der Waals surface area (Å²) in [4.78, 5) is 0.974. The van der Waals surface area contributed by atoms with Gasteiger partial charge in [-0.3, -0.25) is 0 Å². The van der Waals surface area contributed by atoms with E-state index in [9.17, 15) is 0 Å². The fourth-order valence-corrected chi connectivity index (χ4v) is 13.3. The molecule has 0 amide bonds. The average Bonchev–Trinajstić information content (AvgIpc) is 4.00. The predicted molar refractivity (Wildman–Crippen MR) is 279 cm³/mol. The van der Waals surface area contributed by atoms with Crippen LogP contribution in [0, 0.1) is 0 Å². The molecule has 0 nitrogen and oxygen atoms in total. The molecule has 0 spiro atoms. The third kappa shape index (κ3) is 4.54. The lowest BCUT2D eigenvalue weighted by Crippen LogP contribution is -1.94. The van der Waals surface area contributed by atoms with Crippen LogP contribution in [0.3, 0.4) is 0 Å². The minimum Gasteiger partial charge on any atom is -0.143 e. The number of rotatable bonds is 3. The van der Waals surface area contributed by atoms with Crippen LogP contribution in [0.5, 0.6) is 0 Å². The van der Waals surface area contributed by atoms with Gasteiger partial charge < -0.3 is 0 Å². The summed E-state index contributed by atoms with van der Waals surface area (Å²) in [6.45, 7) is 0. The van der Waals surface area contributed by atoms with E-state index in [1.807, 2.05) is 11.3 Å². The monoisotopic (exact) mass is 842 g/mol. The summed E-state index contributed by atoms with van der Waals surface area (Å²) in [6.07, 6.45) is 0. The first-order valence-electron chi connectivity index (χ1n) is 22.1. The standard InChI is InChI=1S/C62H34S2/c63-53-25-5-3-17-39(53)36-16-1-2-18-40(36)59-43-30-28-38-37(49(43)32-51-41-20-7-12-34-14-9-22-46(56(34)41)61(51)59)29-31-44-50(38)33-52-42-21-8-13-35-15-10-23-47(57(35)42)62(52)60(44)48-24-11-27-55-58(48)45-19-4-6-26-54(45)64-55/h1-33,63H. The first-order valence-corrected chi connectivity index (χ1v) is 23.3. The number of fused-ring (bicyclic) bond motifs is 14. The largest absolute Gasteiger partial charge is 0.143 e. The van der Waals surface area contributed by atoms with Crippen molar-refractivity contribution in [1.82, 2.24) is 0 Å².